The zero-order valence-electron chi connectivity index (χ0n) is 26.0. The number of esters is 1. The van der Waals surface area contributed by atoms with Gasteiger partial charge in [-0.3, -0.25) is 4.79 Å². The van der Waals surface area contributed by atoms with Gasteiger partial charge in [0.05, 0.1) is 24.4 Å². The molecule has 2 aliphatic heterocycles. The normalized spacial score (nSPS) is 26.6. The third-order valence-corrected chi connectivity index (χ3v) is 8.90. The first-order chi connectivity index (χ1) is 20.1. The van der Waals surface area contributed by atoms with Crippen LogP contribution in [-0.4, -0.2) is 101 Å². The van der Waals surface area contributed by atoms with Crippen LogP contribution < -0.4 is 5.32 Å². The Kier molecular flexibility index (Phi) is 11.6. The lowest BCUT2D eigenvalue weighted by Crippen LogP contribution is -2.59. The number of aromatic hydroxyl groups is 2. The van der Waals surface area contributed by atoms with Crippen molar-refractivity contribution in [1.29, 1.82) is 0 Å². The van der Waals surface area contributed by atoms with Crippen LogP contribution in [0, 0.1) is 12.3 Å². The van der Waals surface area contributed by atoms with E-state index in [4.69, 9.17) is 18.9 Å². The molecule has 2 heterocycles. The number of cyclic esters (lactones) is 1. The predicted molar refractivity (Wildman–Crippen MR) is 156 cm³/mol. The van der Waals surface area contributed by atoms with Gasteiger partial charge in [-0.2, -0.15) is 0 Å². The highest BCUT2D eigenvalue weighted by atomic mass is 16.6. The number of rotatable bonds is 12. The molecule has 0 bridgehead atoms. The van der Waals surface area contributed by atoms with Crippen LogP contribution in [0.5, 0.6) is 11.5 Å². The maximum atomic E-state index is 12.9. The van der Waals surface area contributed by atoms with Crippen LogP contribution in [0.1, 0.15) is 74.9 Å². The molecule has 0 aliphatic carbocycles. The molecule has 3 rings (SSSR count). The molecule has 8 atom stereocenters. The van der Waals surface area contributed by atoms with Crippen molar-refractivity contribution in [3.8, 4) is 11.5 Å². The van der Waals surface area contributed by atoms with E-state index in [1.807, 2.05) is 33.8 Å². The number of nitrogens with one attached hydrogen (secondary N) is 1. The van der Waals surface area contributed by atoms with Crippen LogP contribution in [0.3, 0.4) is 0 Å². The van der Waals surface area contributed by atoms with Crippen molar-refractivity contribution in [3.63, 3.8) is 0 Å². The molecule has 12 heteroatoms. The molecule has 242 valence electrons. The van der Waals surface area contributed by atoms with Gasteiger partial charge < -0.3 is 49.8 Å². The van der Waals surface area contributed by atoms with Crippen LogP contribution in [0.15, 0.2) is 17.7 Å². The molecule has 0 aromatic heterocycles. The molecule has 1 fully saturated rings. The quantitative estimate of drug-likeness (QED) is 0.116. The van der Waals surface area contributed by atoms with Crippen molar-refractivity contribution in [2.75, 3.05) is 14.2 Å². The molecule has 0 saturated carbocycles. The SMILES string of the molecule is C/C=C(\C)CC(OC)C(O)C(=O)N[C@H](OC)[C@@H]1C[C@@H](O)C(C)(C)[C@@H](CC(O)CC2Cc3c(C)c(O)cc(O)c3C(=O)O2)O1. The van der Waals surface area contributed by atoms with Crippen molar-refractivity contribution < 1.29 is 54.1 Å². The standard InChI is InChI=1S/C31H47NO11/c1-8-15(2)9-22(40-6)27(37)28(38)32-29(41-7)23-14-24(36)31(4,5)25(43-23)11-17(33)10-18-12-19-16(3)20(34)13-21(35)26(19)30(39)42-18/h8,13,17-18,22-25,27,29,33-37H,9-12,14H2,1-7H3,(H,32,38)/b15-8+/t17?,18?,22?,23-,24+,25+,27?,29+/m0/s1. The Hall–Kier alpha value is -2.74. The zero-order chi connectivity index (χ0) is 32.2. The molecule has 4 unspecified atom stereocenters. The number of benzene rings is 1. The van der Waals surface area contributed by atoms with E-state index in [0.717, 1.165) is 11.6 Å². The Bertz CT molecular complexity index is 1180. The largest absolute Gasteiger partial charge is 0.508 e. The molecule has 6 N–H and O–H groups in total. The van der Waals surface area contributed by atoms with Crippen LogP contribution in [-0.2, 0) is 30.2 Å². The molecule has 43 heavy (non-hydrogen) atoms. The Balaban J connectivity index is 1.68. The molecule has 12 nitrogen and oxygen atoms in total. The van der Waals surface area contributed by atoms with E-state index in [1.165, 1.54) is 14.2 Å². The number of amides is 1. The molecular weight excluding hydrogens is 562 g/mol. The second-order valence-corrected chi connectivity index (χ2v) is 12.2. The summed E-state index contributed by atoms with van der Waals surface area (Å²) in [6, 6.07) is 1.10. The zero-order valence-corrected chi connectivity index (χ0v) is 26.0. The van der Waals surface area contributed by atoms with E-state index in [2.05, 4.69) is 5.32 Å². The highest BCUT2D eigenvalue weighted by Gasteiger charge is 2.47. The second kappa shape index (κ2) is 14.4. The number of aliphatic hydroxyl groups is 3. The van der Waals surface area contributed by atoms with Crippen LogP contribution in [0.4, 0.5) is 0 Å². The van der Waals surface area contributed by atoms with Gasteiger partial charge in [-0.15, -0.1) is 0 Å². The molecule has 0 spiro atoms. The third kappa shape index (κ3) is 7.86. The fourth-order valence-corrected chi connectivity index (χ4v) is 5.74. The molecule has 1 saturated heterocycles. The van der Waals surface area contributed by atoms with Gasteiger partial charge in [0.25, 0.3) is 5.91 Å². The summed E-state index contributed by atoms with van der Waals surface area (Å²) >= 11 is 0. The number of ether oxygens (including phenoxy) is 4. The van der Waals surface area contributed by atoms with Crippen molar-refractivity contribution in [3.05, 3.63) is 34.4 Å². The summed E-state index contributed by atoms with van der Waals surface area (Å²) in [4.78, 5) is 25.6. The van der Waals surface area contributed by atoms with Crippen molar-refractivity contribution >= 4 is 11.9 Å². The van der Waals surface area contributed by atoms with Gasteiger partial charge in [-0.1, -0.05) is 25.5 Å². The van der Waals surface area contributed by atoms with Crippen LogP contribution >= 0.6 is 0 Å². The van der Waals surface area contributed by atoms with Crippen LogP contribution in [0.2, 0.25) is 0 Å². The van der Waals surface area contributed by atoms with E-state index in [0.29, 0.717) is 17.5 Å². The van der Waals surface area contributed by atoms with Gasteiger partial charge in [0.15, 0.2) is 12.3 Å². The number of phenolic OH excluding ortho intramolecular Hbond substituents is 2. The minimum atomic E-state index is -1.48. The molecule has 1 aromatic carbocycles. The van der Waals surface area contributed by atoms with Crippen molar-refractivity contribution in [2.45, 2.75) is 116 Å². The minimum absolute atomic E-state index is 0.00954. The van der Waals surface area contributed by atoms with E-state index < -0.39 is 66.2 Å². The lowest BCUT2D eigenvalue weighted by Gasteiger charge is -2.48. The van der Waals surface area contributed by atoms with E-state index in [-0.39, 0.29) is 42.7 Å². The number of hydrogen-bond acceptors (Lipinski definition) is 11. The van der Waals surface area contributed by atoms with Gasteiger partial charge in [-0.05, 0) is 38.3 Å². The van der Waals surface area contributed by atoms with E-state index >= 15 is 0 Å². The van der Waals surface area contributed by atoms with Gasteiger partial charge in [0.2, 0.25) is 0 Å². The summed E-state index contributed by atoms with van der Waals surface area (Å²) in [6.45, 7) is 9.00. The highest BCUT2D eigenvalue weighted by Crippen LogP contribution is 2.41. The first kappa shape index (κ1) is 34.7. The molecule has 0 radical (unpaired) electrons. The minimum Gasteiger partial charge on any atom is -0.508 e. The number of phenols is 2. The van der Waals surface area contributed by atoms with E-state index in [1.54, 1.807) is 6.92 Å². The van der Waals surface area contributed by atoms with Gasteiger partial charge >= 0.3 is 5.97 Å². The summed E-state index contributed by atoms with van der Waals surface area (Å²) in [7, 11) is 2.79. The number of carbonyl (C=O) groups is 2. The van der Waals surface area contributed by atoms with Gasteiger partial charge in [-0.25, -0.2) is 4.79 Å². The summed E-state index contributed by atoms with van der Waals surface area (Å²) in [6.07, 6.45) is -4.64. The summed E-state index contributed by atoms with van der Waals surface area (Å²) in [5.74, 6) is -1.95. The number of hydrogen-bond donors (Lipinski definition) is 6. The van der Waals surface area contributed by atoms with Crippen molar-refractivity contribution in [2.24, 2.45) is 5.41 Å². The number of carbonyl (C=O) groups excluding carboxylic acids is 2. The monoisotopic (exact) mass is 609 g/mol. The Morgan fingerprint density at radius 3 is 2.47 bits per heavy atom. The Morgan fingerprint density at radius 1 is 1.19 bits per heavy atom. The fourth-order valence-electron chi connectivity index (χ4n) is 5.74. The van der Waals surface area contributed by atoms with E-state index in [9.17, 15) is 35.1 Å². The molecule has 1 amide bonds. The Labute approximate surface area is 252 Å². The smallest absolute Gasteiger partial charge is 0.342 e. The molecule has 2 aliphatic rings. The number of methoxy groups -OCH3 is 2. The topological polar surface area (TPSA) is 184 Å². The summed E-state index contributed by atoms with van der Waals surface area (Å²) < 4.78 is 22.6. The molecular formula is C31H47NO11. The van der Waals surface area contributed by atoms with Gasteiger partial charge in [0.1, 0.15) is 29.3 Å². The number of aliphatic hydroxyl groups excluding tert-OH is 3. The predicted octanol–water partition coefficient (Wildman–Crippen LogP) is 1.99. The molecule has 1 aromatic rings. The Morgan fingerprint density at radius 2 is 1.86 bits per heavy atom. The van der Waals surface area contributed by atoms with Gasteiger partial charge in [0, 0.05) is 51.4 Å². The first-order valence-corrected chi connectivity index (χ1v) is 14.6. The third-order valence-electron chi connectivity index (χ3n) is 8.90. The maximum absolute atomic E-state index is 12.9. The second-order valence-electron chi connectivity index (χ2n) is 12.2. The summed E-state index contributed by atoms with van der Waals surface area (Å²) in [5, 5.41) is 55.7. The average molecular weight is 610 g/mol. The highest BCUT2D eigenvalue weighted by molar-refractivity contribution is 5.96. The first-order valence-electron chi connectivity index (χ1n) is 14.6. The lowest BCUT2D eigenvalue weighted by molar-refractivity contribution is -0.215. The average Bonchev–Trinajstić information content (AvgIpc) is 2.94. The number of allylic oxidation sites excluding steroid dienone is 1. The van der Waals surface area contributed by atoms with Crippen LogP contribution in [0.25, 0.3) is 0 Å². The number of fused-ring (bicyclic) bond motifs is 1. The lowest BCUT2D eigenvalue weighted by atomic mass is 9.73. The van der Waals surface area contributed by atoms with Crippen molar-refractivity contribution in [1.82, 2.24) is 5.32 Å². The summed E-state index contributed by atoms with van der Waals surface area (Å²) in [5.41, 5.74) is 1.10. The maximum Gasteiger partial charge on any atom is 0.342 e. The fraction of sp³-hybridized carbons (Fsp3) is 0.677.